The first-order valence-corrected chi connectivity index (χ1v) is 15.0. The van der Waals surface area contributed by atoms with Crippen molar-refractivity contribution in [1.82, 2.24) is 24.3 Å². The minimum absolute atomic E-state index is 0.0360. The normalized spacial score (nSPS) is 15.1. The molecule has 2 aliphatic heterocycles. The van der Waals surface area contributed by atoms with Gasteiger partial charge in [-0.15, -0.1) is 11.3 Å². The molecule has 0 saturated heterocycles. The Kier molecular flexibility index (Phi) is 7.68. The number of amides is 1. The van der Waals surface area contributed by atoms with E-state index in [0.717, 1.165) is 54.4 Å². The average molecular weight is 600 g/mol. The van der Waals surface area contributed by atoms with E-state index in [4.69, 9.17) is 11.6 Å². The van der Waals surface area contributed by atoms with Crippen molar-refractivity contribution >= 4 is 40.3 Å². The van der Waals surface area contributed by atoms with Gasteiger partial charge < -0.3 is 19.7 Å². The number of nitrogens with zero attached hydrogens (tertiary/aromatic N) is 6. The number of imidazole rings is 1. The Morgan fingerprint density at radius 1 is 1.00 bits per heavy atom. The summed E-state index contributed by atoms with van der Waals surface area (Å²) in [4.78, 5) is 41.3. The number of hydrogen-bond donors (Lipinski definition) is 1. The quantitative estimate of drug-likeness (QED) is 0.320. The van der Waals surface area contributed by atoms with E-state index < -0.39 is 0 Å². The lowest BCUT2D eigenvalue weighted by atomic mass is 9.93. The smallest absolute Gasteiger partial charge is 0.284 e. The predicted octanol–water partition coefficient (Wildman–Crippen LogP) is 4.72. The maximum absolute atomic E-state index is 13.4. The fourth-order valence-corrected chi connectivity index (χ4v) is 7.06. The van der Waals surface area contributed by atoms with Crippen LogP contribution in [-0.4, -0.2) is 63.2 Å². The van der Waals surface area contributed by atoms with Crippen LogP contribution in [0.2, 0.25) is 5.02 Å². The minimum Gasteiger partial charge on any atom is -0.328 e. The lowest BCUT2D eigenvalue weighted by Crippen LogP contribution is -2.27. The molecule has 0 aliphatic carbocycles. The summed E-state index contributed by atoms with van der Waals surface area (Å²) in [5.74, 6) is -0.0598. The number of Topliss-reactive ketones (excluding diaryl/α,β-unsaturated/α-hetero) is 1. The number of carbonyl (C=O) groups is 2. The standard InChI is InChI=1S/C31H30ClN7O2S/c1-37-13-11-25-24(16-37)34-29(39(25)3)26(40)14-18-6-4-7-19(21(18)15-33)20-8-5-9-23(28(20)32)35-30(41)31-36-22-10-12-38(2)17-27(22)42-31/h4-9H,10-14,16-17H2,1-3H3,(H,35,41). The molecular weight excluding hydrogens is 570 g/mol. The van der Waals surface area contributed by atoms with Crippen molar-refractivity contribution in [2.45, 2.75) is 32.4 Å². The SMILES string of the molecule is CN1CCc2c(nc(C(=O)Cc3cccc(-c4cccc(NC(=O)c5nc6c(s5)CN(C)CC6)c4Cl)c3C#N)n2C)C1. The number of halogens is 1. The van der Waals surface area contributed by atoms with Gasteiger partial charge in [-0.2, -0.15) is 5.26 Å². The van der Waals surface area contributed by atoms with E-state index in [2.05, 4.69) is 38.2 Å². The number of rotatable bonds is 6. The number of nitriles is 1. The molecule has 0 saturated carbocycles. The van der Waals surface area contributed by atoms with Crippen molar-refractivity contribution in [2.75, 3.05) is 32.5 Å². The van der Waals surface area contributed by atoms with Gasteiger partial charge in [-0.25, -0.2) is 9.97 Å². The topological polar surface area (TPSA) is 107 Å². The van der Waals surface area contributed by atoms with Gasteiger partial charge in [0.25, 0.3) is 5.91 Å². The zero-order valence-corrected chi connectivity index (χ0v) is 25.3. The number of anilines is 1. The van der Waals surface area contributed by atoms with Crippen LogP contribution in [0, 0.1) is 11.3 Å². The number of thiazole rings is 1. The fourth-order valence-electron chi connectivity index (χ4n) is 5.70. The van der Waals surface area contributed by atoms with E-state index in [9.17, 15) is 14.9 Å². The third-order valence-electron chi connectivity index (χ3n) is 7.96. The summed E-state index contributed by atoms with van der Waals surface area (Å²) < 4.78 is 1.89. The molecule has 0 bridgehead atoms. The Balaban J connectivity index is 1.26. The van der Waals surface area contributed by atoms with Gasteiger partial charge in [-0.05, 0) is 25.7 Å². The molecule has 0 unspecified atom stereocenters. The average Bonchev–Trinajstić information content (AvgIpc) is 3.54. The van der Waals surface area contributed by atoms with Crippen LogP contribution in [0.1, 0.15) is 53.5 Å². The number of hydrogen-bond acceptors (Lipinski definition) is 8. The molecule has 4 aromatic rings. The molecule has 9 nitrogen and oxygen atoms in total. The van der Waals surface area contributed by atoms with Crippen LogP contribution in [0.5, 0.6) is 0 Å². The molecule has 0 spiro atoms. The van der Waals surface area contributed by atoms with Crippen molar-refractivity contribution in [2.24, 2.45) is 7.05 Å². The van der Waals surface area contributed by atoms with Gasteiger partial charge in [0.05, 0.1) is 27.7 Å². The Hall–Kier alpha value is -3.88. The van der Waals surface area contributed by atoms with Crippen LogP contribution in [0.3, 0.4) is 0 Å². The molecule has 11 heteroatoms. The summed E-state index contributed by atoms with van der Waals surface area (Å²) in [5, 5.41) is 13.8. The number of benzene rings is 2. The highest BCUT2D eigenvalue weighted by atomic mass is 35.5. The summed E-state index contributed by atoms with van der Waals surface area (Å²) in [6.07, 6.45) is 1.70. The highest BCUT2D eigenvalue weighted by Gasteiger charge is 2.26. The maximum Gasteiger partial charge on any atom is 0.284 e. The molecule has 42 heavy (non-hydrogen) atoms. The molecule has 0 atom stereocenters. The number of fused-ring (bicyclic) bond motifs is 2. The van der Waals surface area contributed by atoms with Crippen LogP contribution in [0.4, 0.5) is 5.69 Å². The van der Waals surface area contributed by atoms with Gasteiger partial charge in [-0.1, -0.05) is 41.9 Å². The number of carbonyl (C=O) groups excluding carboxylic acids is 2. The molecule has 214 valence electrons. The summed E-state index contributed by atoms with van der Waals surface area (Å²) in [7, 11) is 5.98. The van der Waals surface area contributed by atoms with Gasteiger partial charge in [0, 0.05) is 74.2 Å². The second kappa shape index (κ2) is 11.4. The van der Waals surface area contributed by atoms with Crippen molar-refractivity contribution in [3.05, 3.63) is 85.3 Å². The minimum atomic E-state index is -0.320. The molecule has 4 heterocycles. The van der Waals surface area contributed by atoms with Gasteiger partial charge >= 0.3 is 0 Å². The third-order valence-corrected chi connectivity index (χ3v) is 9.45. The molecule has 2 aromatic carbocycles. The zero-order chi connectivity index (χ0) is 29.5. The fraction of sp³-hybridized carbons (Fsp3) is 0.323. The molecule has 0 radical (unpaired) electrons. The van der Waals surface area contributed by atoms with Crippen molar-refractivity contribution < 1.29 is 9.59 Å². The lowest BCUT2D eigenvalue weighted by molar-refractivity contribution is 0.0978. The van der Waals surface area contributed by atoms with Gasteiger partial charge in [-0.3, -0.25) is 9.59 Å². The van der Waals surface area contributed by atoms with Crippen LogP contribution in [0.25, 0.3) is 11.1 Å². The van der Waals surface area contributed by atoms with E-state index in [1.807, 2.05) is 24.7 Å². The maximum atomic E-state index is 13.4. The first kappa shape index (κ1) is 28.2. The molecule has 1 N–H and O–H groups in total. The Labute approximate surface area is 253 Å². The van der Waals surface area contributed by atoms with Gasteiger partial charge in [0.15, 0.2) is 10.8 Å². The molecule has 2 aromatic heterocycles. The van der Waals surface area contributed by atoms with Gasteiger partial charge in [0.2, 0.25) is 5.78 Å². The number of likely N-dealkylation sites (N-methyl/N-ethyl adjacent to an activating group) is 2. The first-order chi connectivity index (χ1) is 20.2. The predicted molar refractivity (Wildman–Crippen MR) is 163 cm³/mol. The van der Waals surface area contributed by atoms with Gasteiger partial charge in [0.1, 0.15) is 6.07 Å². The summed E-state index contributed by atoms with van der Waals surface area (Å²) in [5.41, 5.74) is 5.58. The Bertz CT molecular complexity index is 1770. The number of nitrogens with one attached hydrogen (secondary N) is 1. The first-order valence-electron chi connectivity index (χ1n) is 13.8. The number of aromatic nitrogens is 3. The van der Waals surface area contributed by atoms with Crippen molar-refractivity contribution in [3.63, 3.8) is 0 Å². The van der Waals surface area contributed by atoms with Crippen LogP contribution in [0.15, 0.2) is 36.4 Å². The number of ketones is 1. The van der Waals surface area contributed by atoms with E-state index in [0.29, 0.717) is 50.3 Å². The van der Waals surface area contributed by atoms with E-state index in [-0.39, 0.29) is 18.1 Å². The molecule has 6 rings (SSSR count). The van der Waals surface area contributed by atoms with Crippen LogP contribution < -0.4 is 5.32 Å². The summed E-state index contributed by atoms with van der Waals surface area (Å²) in [6, 6.07) is 13.0. The summed E-state index contributed by atoms with van der Waals surface area (Å²) in [6.45, 7) is 3.33. The monoisotopic (exact) mass is 599 g/mol. The Morgan fingerprint density at radius 2 is 1.74 bits per heavy atom. The second-order valence-corrected chi connectivity index (χ2v) is 12.4. The summed E-state index contributed by atoms with van der Waals surface area (Å²) >= 11 is 8.24. The molecule has 1 amide bonds. The van der Waals surface area contributed by atoms with Crippen LogP contribution >= 0.6 is 22.9 Å². The van der Waals surface area contributed by atoms with E-state index >= 15 is 0 Å². The lowest BCUT2D eigenvalue weighted by Gasteiger charge is -2.21. The Morgan fingerprint density at radius 3 is 2.55 bits per heavy atom. The highest BCUT2D eigenvalue weighted by molar-refractivity contribution is 7.13. The molecule has 0 fully saturated rings. The third kappa shape index (κ3) is 5.25. The zero-order valence-electron chi connectivity index (χ0n) is 23.7. The highest BCUT2D eigenvalue weighted by Crippen LogP contribution is 2.37. The second-order valence-electron chi connectivity index (χ2n) is 10.9. The largest absolute Gasteiger partial charge is 0.328 e. The van der Waals surface area contributed by atoms with Crippen molar-refractivity contribution in [3.8, 4) is 17.2 Å². The molecular formula is C31H30ClN7O2S. The van der Waals surface area contributed by atoms with Crippen molar-refractivity contribution in [1.29, 1.82) is 5.26 Å². The van der Waals surface area contributed by atoms with E-state index in [1.54, 1.807) is 30.3 Å². The van der Waals surface area contributed by atoms with E-state index in [1.165, 1.54) is 11.3 Å². The van der Waals surface area contributed by atoms with Crippen LogP contribution in [-0.2, 0) is 39.4 Å². The molecule has 2 aliphatic rings.